The maximum absolute atomic E-state index is 9.54. The van der Waals surface area contributed by atoms with E-state index >= 15 is 0 Å². The van der Waals surface area contributed by atoms with Crippen molar-refractivity contribution < 1.29 is 16.4 Å². The highest BCUT2D eigenvalue weighted by Crippen LogP contribution is 2.47. The molecule has 0 saturated carbocycles. The van der Waals surface area contributed by atoms with E-state index in [1.54, 1.807) is 24.3 Å². The SMILES string of the molecule is [2H]c1c([2H])c([2H])c2c(c1[2H])c1cc(C([2H])([2H])C(C)(C)C)ccc1n2-c1ccc2c(c1)N(c1ccccc1)c1cc(CC(C)(C)C)cc3c1B2c1ccc(-n2c4ccc(C([2H])([2H])C(C)(C)C)cc4c4c([2H])c([2H])c([2H])c([2H])c42)cc1N3c1ccccc1. The van der Waals surface area contributed by atoms with Gasteiger partial charge in [-0.15, -0.1) is 0 Å². The number of para-hydroxylation sites is 4. The molecule has 4 nitrogen and oxygen atoms in total. The molecular formula is C69H65BN4. The molecule has 0 amide bonds. The fourth-order valence-corrected chi connectivity index (χ4v) is 11.7. The topological polar surface area (TPSA) is 16.3 Å². The molecule has 0 N–H and O–H groups in total. The van der Waals surface area contributed by atoms with Gasteiger partial charge in [0.05, 0.1) is 33.0 Å². The summed E-state index contributed by atoms with van der Waals surface area (Å²) < 4.78 is 115. The summed E-state index contributed by atoms with van der Waals surface area (Å²) in [6.07, 6.45) is -2.86. The highest BCUT2D eigenvalue weighted by molar-refractivity contribution is 7.00. The Kier molecular flexibility index (Phi) is 7.91. The van der Waals surface area contributed by atoms with E-state index in [1.165, 1.54) is 0 Å². The molecule has 5 heteroatoms. The van der Waals surface area contributed by atoms with Gasteiger partial charge in [0.15, 0.2) is 0 Å². The van der Waals surface area contributed by atoms with Crippen LogP contribution in [0.4, 0.5) is 34.1 Å². The summed E-state index contributed by atoms with van der Waals surface area (Å²) in [7, 11) is 0. The lowest BCUT2D eigenvalue weighted by molar-refractivity contribution is 0.411. The molecule has 0 spiro atoms. The Morgan fingerprint density at radius 3 is 1.24 bits per heavy atom. The fraction of sp³-hybridized carbons (Fsp3) is 0.217. The quantitative estimate of drug-likeness (QED) is 0.148. The monoisotopic (exact) mass is 973 g/mol. The van der Waals surface area contributed by atoms with Crippen molar-refractivity contribution in [1.82, 2.24) is 9.13 Å². The Morgan fingerprint density at radius 2 is 0.824 bits per heavy atom. The zero-order valence-corrected chi connectivity index (χ0v) is 43.4. The van der Waals surface area contributed by atoms with Crippen LogP contribution in [0.3, 0.4) is 0 Å². The number of hydrogen-bond acceptors (Lipinski definition) is 2. The van der Waals surface area contributed by atoms with Crippen molar-refractivity contribution in [3.05, 3.63) is 211 Å². The first-order chi connectivity index (χ1) is 40.4. The molecule has 4 heterocycles. The van der Waals surface area contributed by atoms with Gasteiger partial charge in [0, 0.05) is 72.5 Å². The van der Waals surface area contributed by atoms with Crippen LogP contribution in [0.15, 0.2) is 194 Å². The Morgan fingerprint density at radius 1 is 0.392 bits per heavy atom. The van der Waals surface area contributed by atoms with Gasteiger partial charge in [-0.2, -0.15) is 0 Å². The van der Waals surface area contributed by atoms with Crippen LogP contribution in [0.5, 0.6) is 0 Å². The Balaban J connectivity index is 1.12. The van der Waals surface area contributed by atoms with Crippen LogP contribution in [0, 0.1) is 16.2 Å². The smallest absolute Gasteiger partial charge is 0.252 e. The van der Waals surface area contributed by atoms with Crippen molar-refractivity contribution in [1.29, 1.82) is 0 Å². The maximum atomic E-state index is 9.54. The first-order valence-corrected chi connectivity index (χ1v) is 25.7. The summed E-state index contributed by atoms with van der Waals surface area (Å²) in [5.41, 5.74) is 11.6. The van der Waals surface area contributed by atoms with E-state index < -0.39 is 30.3 Å². The molecule has 0 bridgehead atoms. The van der Waals surface area contributed by atoms with Gasteiger partial charge in [-0.3, -0.25) is 0 Å². The number of anilines is 6. The van der Waals surface area contributed by atoms with Crippen LogP contribution in [-0.4, -0.2) is 15.8 Å². The third kappa shape index (κ3) is 7.82. The summed E-state index contributed by atoms with van der Waals surface area (Å²) in [6.45, 7) is 17.4. The summed E-state index contributed by atoms with van der Waals surface area (Å²) in [5, 5.41) is 1.64. The number of fused-ring (bicyclic) bond motifs is 10. The summed E-state index contributed by atoms with van der Waals surface area (Å²) in [6, 6.07) is 46.1. The molecule has 2 aromatic heterocycles. The van der Waals surface area contributed by atoms with Crippen molar-refractivity contribution in [3.8, 4) is 11.4 Å². The molecule has 0 unspecified atom stereocenters. The van der Waals surface area contributed by atoms with Crippen molar-refractivity contribution in [2.45, 2.75) is 81.5 Å². The molecule has 0 atom stereocenters. The third-order valence-electron chi connectivity index (χ3n) is 14.2. The van der Waals surface area contributed by atoms with E-state index in [0.29, 0.717) is 55.1 Å². The second-order valence-corrected chi connectivity index (χ2v) is 23.4. The van der Waals surface area contributed by atoms with Crippen molar-refractivity contribution in [2.24, 2.45) is 16.2 Å². The summed E-state index contributed by atoms with van der Waals surface area (Å²) >= 11 is 0. The van der Waals surface area contributed by atoms with E-state index in [9.17, 15) is 11.0 Å². The van der Waals surface area contributed by atoms with E-state index in [1.807, 2.05) is 111 Å². The number of hydrogen-bond donors (Lipinski definition) is 0. The summed E-state index contributed by atoms with van der Waals surface area (Å²) in [4.78, 5) is 4.62. The Hall–Kier alpha value is -7.76. The number of nitrogens with zero attached hydrogens (tertiary/aromatic N) is 4. The fourth-order valence-electron chi connectivity index (χ4n) is 11.7. The van der Waals surface area contributed by atoms with Gasteiger partial charge in [0.25, 0.3) is 6.71 Å². The van der Waals surface area contributed by atoms with Crippen LogP contribution in [0.1, 0.15) is 95.5 Å². The minimum absolute atomic E-state index is 0.138. The molecule has 2 aliphatic rings. The Bertz CT molecular complexity index is 4400. The highest BCUT2D eigenvalue weighted by Gasteiger charge is 2.44. The van der Waals surface area contributed by atoms with E-state index in [0.717, 1.165) is 62.5 Å². The molecule has 2 aliphatic heterocycles. The van der Waals surface area contributed by atoms with Crippen LogP contribution in [0.25, 0.3) is 55.0 Å². The second-order valence-electron chi connectivity index (χ2n) is 23.4. The van der Waals surface area contributed by atoms with E-state index in [4.69, 9.17) is 5.48 Å². The van der Waals surface area contributed by atoms with Gasteiger partial charge in [-0.1, -0.05) is 159 Å². The van der Waals surface area contributed by atoms with Gasteiger partial charge >= 0.3 is 0 Å². The Labute approximate surface area is 454 Å². The number of benzene rings is 9. The first-order valence-electron chi connectivity index (χ1n) is 31.7. The van der Waals surface area contributed by atoms with Gasteiger partial charge in [-0.25, -0.2) is 0 Å². The second kappa shape index (κ2) is 16.9. The lowest BCUT2D eigenvalue weighted by Gasteiger charge is -2.45. The predicted molar refractivity (Wildman–Crippen MR) is 319 cm³/mol. The summed E-state index contributed by atoms with van der Waals surface area (Å²) in [5.74, 6) is 0. The van der Waals surface area contributed by atoms with Gasteiger partial charge in [-0.05, 0) is 166 Å². The van der Waals surface area contributed by atoms with Crippen LogP contribution in [-0.2, 0) is 19.2 Å². The molecule has 0 fully saturated rings. The molecule has 364 valence electrons. The average molecular weight is 973 g/mol. The van der Waals surface area contributed by atoms with Crippen LogP contribution in [0.2, 0.25) is 0 Å². The molecule has 74 heavy (non-hydrogen) atoms. The molecular weight excluding hydrogens is 896 g/mol. The van der Waals surface area contributed by atoms with Crippen LogP contribution >= 0.6 is 0 Å². The molecule has 9 aromatic carbocycles. The van der Waals surface area contributed by atoms with Gasteiger partial charge < -0.3 is 18.9 Å². The molecule has 0 radical (unpaired) electrons. The molecule has 0 saturated heterocycles. The maximum Gasteiger partial charge on any atom is 0.252 e. The van der Waals surface area contributed by atoms with Crippen molar-refractivity contribution >= 4 is 101 Å². The number of aromatic nitrogens is 2. The molecule has 11 aromatic rings. The first kappa shape index (κ1) is 34.6. The predicted octanol–water partition coefficient (Wildman–Crippen LogP) is 16.7. The van der Waals surface area contributed by atoms with Crippen LogP contribution < -0.4 is 26.2 Å². The lowest BCUT2D eigenvalue weighted by Crippen LogP contribution is -2.61. The highest BCUT2D eigenvalue weighted by atomic mass is 15.2. The third-order valence-corrected chi connectivity index (χ3v) is 14.2. The van der Waals surface area contributed by atoms with Crippen molar-refractivity contribution in [2.75, 3.05) is 9.80 Å². The zero-order valence-electron chi connectivity index (χ0n) is 55.4. The number of rotatable bonds is 7. The van der Waals surface area contributed by atoms with E-state index in [-0.39, 0.29) is 64.8 Å². The lowest BCUT2D eigenvalue weighted by atomic mass is 9.33. The van der Waals surface area contributed by atoms with Crippen molar-refractivity contribution in [3.63, 3.8) is 0 Å². The molecule has 0 aliphatic carbocycles. The largest absolute Gasteiger partial charge is 0.311 e. The standard InChI is InChI=1S/C69H65BN4/c1-67(2,3)42-45-28-34-60-54(36-45)52-24-16-18-26-58(52)73(60)50-30-32-56-62(40-50)71(48-20-12-10-13-21-48)64-38-47(44-69(7,8)9)39-65-66(64)70(56)57-33-31-51(41-63(57)72(65)49-22-14-11-15-23-49)74-59-27-19-17-25-53(59)55-37-46(29-35-61(55)74)43-68(4,5)6/h10-41H,42-44H2,1-9H3/i16D,17D,18D,19D,24D,25D,26D,27D,42D2,43D2. The minimum atomic E-state index is -1.79. The zero-order chi connectivity index (χ0) is 61.4. The minimum Gasteiger partial charge on any atom is -0.311 e. The van der Waals surface area contributed by atoms with E-state index in [2.05, 4.69) is 91.2 Å². The van der Waals surface area contributed by atoms with Gasteiger partial charge in [0.2, 0.25) is 0 Å². The normalized spacial score (nSPS) is 16.3. The average Bonchev–Trinajstić information content (AvgIpc) is 1.07. The molecule has 13 rings (SSSR count). The van der Waals surface area contributed by atoms with Gasteiger partial charge in [0.1, 0.15) is 0 Å².